The van der Waals surface area contributed by atoms with E-state index in [9.17, 15) is 4.79 Å². The number of amides is 1. The first kappa shape index (κ1) is 17.7. The highest BCUT2D eigenvalue weighted by Gasteiger charge is 2.28. The fourth-order valence-electron chi connectivity index (χ4n) is 3.41. The Balaban J connectivity index is 1.49. The number of methoxy groups -OCH3 is 1. The van der Waals surface area contributed by atoms with E-state index < -0.39 is 0 Å². The summed E-state index contributed by atoms with van der Waals surface area (Å²) in [4.78, 5) is 25.1. The zero-order valence-corrected chi connectivity index (χ0v) is 16.3. The van der Waals surface area contributed by atoms with Gasteiger partial charge in [0.2, 0.25) is 5.91 Å². The normalized spacial score (nSPS) is 17.1. The number of anilines is 2. The van der Waals surface area contributed by atoms with Crippen molar-refractivity contribution in [2.24, 2.45) is 5.92 Å². The van der Waals surface area contributed by atoms with Crippen LogP contribution in [0.3, 0.4) is 0 Å². The van der Waals surface area contributed by atoms with Gasteiger partial charge in [0.05, 0.1) is 18.7 Å². The van der Waals surface area contributed by atoms with E-state index in [0.29, 0.717) is 12.3 Å². The molecule has 1 aliphatic rings. The monoisotopic (exact) mass is 382 g/mol. The Morgan fingerprint density at radius 3 is 3.07 bits per heavy atom. The van der Waals surface area contributed by atoms with Gasteiger partial charge in [0.25, 0.3) is 0 Å². The number of carbonyl (C=O) groups excluding carboxylic acids is 1. The number of thiazole rings is 1. The summed E-state index contributed by atoms with van der Waals surface area (Å²) in [6.45, 7) is 3.58. The van der Waals surface area contributed by atoms with Crippen LogP contribution in [-0.4, -0.2) is 36.1 Å². The van der Waals surface area contributed by atoms with E-state index in [4.69, 9.17) is 4.74 Å². The van der Waals surface area contributed by atoms with Gasteiger partial charge in [-0.05, 0) is 49.6 Å². The van der Waals surface area contributed by atoms with E-state index in [-0.39, 0.29) is 11.8 Å². The number of pyridine rings is 1. The van der Waals surface area contributed by atoms with Crippen molar-refractivity contribution < 1.29 is 9.53 Å². The first-order valence-corrected chi connectivity index (χ1v) is 9.87. The molecule has 2 aromatic heterocycles. The lowest BCUT2D eigenvalue weighted by Crippen LogP contribution is -2.40. The molecule has 1 aliphatic heterocycles. The SMILES string of the molecule is COc1ccc(C)cc1NC(=O)[C@@H]1CCCN(c2nc3cccnc3s2)C1. The summed E-state index contributed by atoms with van der Waals surface area (Å²) in [5, 5.41) is 3.99. The standard InChI is InChI=1S/C20H22N4O2S/c1-13-7-8-17(26-2)16(11-13)22-18(25)14-5-4-10-24(12-14)20-23-15-6-3-9-21-19(15)27-20/h3,6-9,11,14H,4-5,10,12H2,1-2H3,(H,22,25)/t14-/m1/s1. The Bertz CT molecular complexity index is 939. The van der Waals surface area contributed by atoms with Crippen LogP contribution in [0.4, 0.5) is 10.8 Å². The molecule has 1 saturated heterocycles. The molecule has 0 spiro atoms. The maximum atomic E-state index is 12.9. The number of aryl methyl sites for hydroxylation is 1. The quantitative estimate of drug-likeness (QED) is 0.742. The topological polar surface area (TPSA) is 67.3 Å². The number of aromatic nitrogens is 2. The van der Waals surface area contributed by atoms with E-state index >= 15 is 0 Å². The molecule has 3 heterocycles. The molecule has 7 heteroatoms. The second kappa shape index (κ2) is 7.52. The minimum atomic E-state index is -0.0797. The second-order valence-corrected chi connectivity index (χ2v) is 7.76. The summed E-state index contributed by atoms with van der Waals surface area (Å²) in [7, 11) is 1.61. The van der Waals surface area contributed by atoms with E-state index in [1.807, 2.05) is 37.3 Å². The van der Waals surface area contributed by atoms with Gasteiger partial charge in [0.15, 0.2) is 5.13 Å². The molecule has 3 aromatic rings. The van der Waals surface area contributed by atoms with Crippen molar-refractivity contribution >= 4 is 38.4 Å². The minimum absolute atomic E-state index is 0.0304. The average molecular weight is 382 g/mol. The molecule has 1 aromatic carbocycles. The molecule has 0 bridgehead atoms. The van der Waals surface area contributed by atoms with Gasteiger partial charge in [0.1, 0.15) is 16.1 Å². The van der Waals surface area contributed by atoms with Crippen LogP contribution in [0.1, 0.15) is 18.4 Å². The third kappa shape index (κ3) is 3.73. The summed E-state index contributed by atoms with van der Waals surface area (Å²) >= 11 is 1.58. The molecular weight excluding hydrogens is 360 g/mol. The van der Waals surface area contributed by atoms with E-state index in [2.05, 4.69) is 20.2 Å². The van der Waals surface area contributed by atoms with Gasteiger partial charge in [-0.2, -0.15) is 0 Å². The van der Waals surface area contributed by atoms with Gasteiger partial charge in [-0.3, -0.25) is 4.79 Å². The van der Waals surface area contributed by atoms with Gasteiger partial charge < -0.3 is 15.0 Å². The van der Waals surface area contributed by atoms with Crippen LogP contribution in [0.5, 0.6) is 5.75 Å². The lowest BCUT2D eigenvalue weighted by molar-refractivity contribution is -0.120. The molecule has 4 rings (SSSR count). The number of benzene rings is 1. The fraction of sp³-hybridized carbons (Fsp3) is 0.350. The van der Waals surface area contributed by atoms with E-state index in [0.717, 1.165) is 46.1 Å². The third-order valence-corrected chi connectivity index (χ3v) is 5.87. The molecule has 0 aliphatic carbocycles. The molecule has 0 unspecified atom stereocenters. The Morgan fingerprint density at radius 2 is 2.26 bits per heavy atom. The summed E-state index contributed by atoms with van der Waals surface area (Å²) < 4.78 is 5.37. The number of nitrogens with zero attached hydrogens (tertiary/aromatic N) is 3. The van der Waals surface area contributed by atoms with Crippen LogP contribution < -0.4 is 15.0 Å². The van der Waals surface area contributed by atoms with Gasteiger partial charge in [-0.15, -0.1) is 0 Å². The number of hydrogen-bond acceptors (Lipinski definition) is 6. The second-order valence-electron chi connectivity index (χ2n) is 6.80. The van der Waals surface area contributed by atoms with Crippen LogP contribution in [0.2, 0.25) is 0 Å². The number of fused-ring (bicyclic) bond motifs is 1. The van der Waals surface area contributed by atoms with Crippen molar-refractivity contribution in [2.45, 2.75) is 19.8 Å². The number of ether oxygens (including phenoxy) is 1. The number of rotatable bonds is 4. The van der Waals surface area contributed by atoms with Gasteiger partial charge >= 0.3 is 0 Å². The van der Waals surface area contributed by atoms with Crippen molar-refractivity contribution in [2.75, 3.05) is 30.4 Å². The number of hydrogen-bond donors (Lipinski definition) is 1. The predicted molar refractivity (Wildman–Crippen MR) is 109 cm³/mol. The summed E-state index contributed by atoms with van der Waals surface area (Å²) in [6.07, 6.45) is 3.62. The van der Waals surface area contributed by atoms with Crippen molar-refractivity contribution in [3.63, 3.8) is 0 Å². The van der Waals surface area contributed by atoms with Crippen LogP contribution in [0.25, 0.3) is 10.3 Å². The molecule has 1 N–H and O–H groups in total. The zero-order valence-electron chi connectivity index (χ0n) is 15.4. The lowest BCUT2D eigenvalue weighted by Gasteiger charge is -2.31. The first-order chi connectivity index (χ1) is 13.1. The Kier molecular flexibility index (Phi) is 4.94. The molecule has 0 saturated carbocycles. The Morgan fingerprint density at radius 1 is 1.37 bits per heavy atom. The molecule has 27 heavy (non-hydrogen) atoms. The van der Waals surface area contributed by atoms with E-state index in [1.54, 1.807) is 24.6 Å². The molecule has 1 amide bonds. The molecule has 0 radical (unpaired) electrons. The van der Waals surface area contributed by atoms with Crippen molar-refractivity contribution in [3.8, 4) is 5.75 Å². The van der Waals surface area contributed by atoms with Gasteiger partial charge in [-0.25, -0.2) is 9.97 Å². The van der Waals surface area contributed by atoms with Gasteiger partial charge in [0, 0.05) is 19.3 Å². The van der Waals surface area contributed by atoms with Crippen LogP contribution in [0.15, 0.2) is 36.5 Å². The number of nitrogens with one attached hydrogen (secondary N) is 1. The van der Waals surface area contributed by atoms with E-state index in [1.165, 1.54) is 0 Å². The average Bonchev–Trinajstić information content (AvgIpc) is 3.12. The predicted octanol–water partition coefficient (Wildman–Crippen LogP) is 3.86. The smallest absolute Gasteiger partial charge is 0.229 e. The minimum Gasteiger partial charge on any atom is -0.495 e. The third-order valence-electron chi connectivity index (χ3n) is 4.83. The molecule has 6 nitrogen and oxygen atoms in total. The largest absolute Gasteiger partial charge is 0.495 e. The lowest BCUT2D eigenvalue weighted by atomic mass is 9.97. The summed E-state index contributed by atoms with van der Waals surface area (Å²) in [5.41, 5.74) is 2.72. The highest BCUT2D eigenvalue weighted by atomic mass is 32.1. The van der Waals surface area contributed by atoms with Crippen LogP contribution in [-0.2, 0) is 4.79 Å². The molecule has 1 fully saturated rings. The summed E-state index contributed by atoms with van der Waals surface area (Å²) in [5.74, 6) is 0.630. The Hall–Kier alpha value is -2.67. The van der Waals surface area contributed by atoms with Crippen LogP contribution in [0, 0.1) is 12.8 Å². The maximum absolute atomic E-state index is 12.9. The van der Waals surface area contributed by atoms with Crippen molar-refractivity contribution in [3.05, 3.63) is 42.1 Å². The number of carbonyl (C=O) groups is 1. The molecular formula is C20H22N4O2S. The van der Waals surface area contributed by atoms with Gasteiger partial charge in [-0.1, -0.05) is 17.4 Å². The highest BCUT2D eigenvalue weighted by molar-refractivity contribution is 7.21. The van der Waals surface area contributed by atoms with Crippen molar-refractivity contribution in [1.82, 2.24) is 9.97 Å². The Labute approximate surface area is 162 Å². The zero-order chi connectivity index (χ0) is 18.8. The highest BCUT2D eigenvalue weighted by Crippen LogP contribution is 2.31. The maximum Gasteiger partial charge on any atom is 0.229 e. The number of piperidine rings is 1. The molecule has 140 valence electrons. The van der Waals surface area contributed by atoms with Crippen molar-refractivity contribution in [1.29, 1.82) is 0 Å². The van der Waals surface area contributed by atoms with Crippen LogP contribution >= 0.6 is 11.3 Å². The fourth-order valence-corrected chi connectivity index (χ4v) is 4.36. The first-order valence-electron chi connectivity index (χ1n) is 9.06. The summed E-state index contributed by atoms with van der Waals surface area (Å²) in [6, 6.07) is 9.66. The molecule has 1 atom stereocenters.